The van der Waals surface area contributed by atoms with E-state index in [0.717, 1.165) is 13.6 Å². The van der Waals surface area contributed by atoms with E-state index in [1.807, 2.05) is 24.3 Å². The minimum atomic E-state index is 0.494. The summed E-state index contributed by atoms with van der Waals surface area (Å²) in [5.74, 6) is 0. The number of allylic oxidation sites excluding steroid dienone is 1. The fourth-order valence-electron chi connectivity index (χ4n) is 0.866. The van der Waals surface area contributed by atoms with Crippen LogP contribution in [0.1, 0.15) is 5.56 Å². The van der Waals surface area contributed by atoms with Crippen molar-refractivity contribution < 1.29 is 0 Å². The third-order valence-corrected chi connectivity index (χ3v) is 2.89. The number of nitriles is 1. The van der Waals surface area contributed by atoms with Crippen LogP contribution < -0.4 is 5.73 Å². The third-order valence-electron chi connectivity index (χ3n) is 1.46. The van der Waals surface area contributed by atoms with Crippen LogP contribution >= 0.6 is 38.5 Å². The molecule has 1 aromatic carbocycles. The minimum absolute atomic E-state index is 0.494. The van der Waals surface area contributed by atoms with Crippen LogP contribution in [-0.4, -0.2) is 0 Å². The smallest absolute Gasteiger partial charge is 0.0933 e. The first-order chi connectivity index (χ1) is 6.15. The van der Waals surface area contributed by atoms with Gasteiger partial charge in [0.25, 0.3) is 0 Å². The molecule has 0 bridgehead atoms. The van der Waals surface area contributed by atoms with Gasteiger partial charge in [-0.05, 0) is 40.8 Å². The molecule has 1 aromatic rings. The molecule has 0 radical (unpaired) electrons. The lowest BCUT2D eigenvalue weighted by Gasteiger charge is -2.03. The van der Waals surface area contributed by atoms with E-state index in [0.29, 0.717) is 5.70 Å². The maximum atomic E-state index is 8.44. The maximum absolute atomic E-state index is 8.44. The molecular weight excluding hydrogens is 343 g/mol. The molecule has 0 atom stereocenters. The standard InChI is InChI=1S/C9H6BrIN2/c10-6-1-2-8(11)7(5-6)9(13)3-4-12/h1-3,5H,13H2/b9-3+. The Bertz CT molecular complexity index is 393. The highest BCUT2D eigenvalue weighted by molar-refractivity contribution is 14.1. The van der Waals surface area contributed by atoms with Gasteiger partial charge in [-0.15, -0.1) is 0 Å². The van der Waals surface area contributed by atoms with Gasteiger partial charge in [0.15, 0.2) is 0 Å². The van der Waals surface area contributed by atoms with E-state index in [9.17, 15) is 0 Å². The molecular formula is C9H6BrIN2. The van der Waals surface area contributed by atoms with Gasteiger partial charge in [0.2, 0.25) is 0 Å². The fourth-order valence-corrected chi connectivity index (χ4v) is 1.87. The molecule has 0 unspecified atom stereocenters. The molecule has 0 aromatic heterocycles. The summed E-state index contributed by atoms with van der Waals surface area (Å²) in [5, 5.41) is 8.44. The van der Waals surface area contributed by atoms with Crippen molar-refractivity contribution in [2.45, 2.75) is 0 Å². The average molecular weight is 349 g/mol. The normalized spacial score (nSPS) is 11.0. The van der Waals surface area contributed by atoms with Crippen LogP contribution in [0.5, 0.6) is 0 Å². The van der Waals surface area contributed by atoms with Gasteiger partial charge in [0, 0.05) is 19.7 Å². The highest BCUT2D eigenvalue weighted by Gasteiger charge is 2.02. The summed E-state index contributed by atoms with van der Waals surface area (Å²) >= 11 is 5.53. The first-order valence-corrected chi connectivity index (χ1v) is 5.33. The lowest BCUT2D eigenvalue weighted by Crippen LogP contribution is -1.98. The quantitative estimate of drug-likeness (QED) is 0.626. The molecule has 0 heterocycles. The zero-order valence-corrected chi connectivity index (χ0v) is 10.3. The Morgan fingerprint density at radius 3 is 2.92 bits per heavy atom. The van der Waals surface area contributed by atoms with E-state index in [1.54, 1.807) is 0 Å². The predicted octanol–water partition coefficient (Wildman–Crippen LogP) is 2.88. The van der Waals surface area contributed by atoms with Crippen LogP contribution in [0.25, 0.3) is 5.70 Å². The second-order valence-electron chi connectivity index (χ2n) is 2.35. The van der Waals surface area contributed by atoms with Crippen molar-refractivity contribution in [3.05, 3.63) is 37.9 Å². The van der Waals surface area contributed by atoms with Crippen LogP contribution in [-0.2, 0) is 0 Å². The molecule has 0 amide bonds. The van der Waals surface area contributed by atoms with Gasteiger partial charge in [0.1, 0.15) is 0 Å². The van der Waals surface area contributed by atoms with Crippen molar-refractivity contribution in [1.82, 2.24) is 0 Å². The van der Waals surface area contributed by atoms with Gasteiger partial charge in [-0.2, -0.15) is 5.26 Å². The Morgan fingerprint density at radius 1 is 1.62 bits per heavy atom. The summed E-state index contributed by atoms with van der Waals surface area (Å²) in [6.07, 6.45) is 1.34. The number of halogens is 2. The molecule has 13 heavy (non-hydrogen) atoms. The molecule has 66 valence electrons. The second kappa shape index (κ2) is 4.63. The highest BCUT2D eigenvalue weighted by atomic mass is 127. The molecule has 2 nitrogen and oxygen atoms in total. The van der Waals surface area contributed by atoms with E-state index in [4.69, 9.17) is 11.0 Å². The fraction of sp³-hybridized carbons (Fsp3) is 0. The van der Waals surface area contributed by atoms with Crippen molar-refractivity contribution in [3.8, 4) is 6.07 Å². The summed E-state index contributed by atoms with van der Waals surface area (Å²) in [5.41, 5.74) is 7.07. The summed E-state index contributed by atoms with van der Waals surface area (Å²) in [7, 11) is 0. The largest absolute Gasteiger partial charge is 0.398 e. The summed E-state index contributed by atoms with van der Waals surface area (Å²) < 4.78 is 1.99. The minimum Gasteiger partial charge on any atom is -0.398 e. The summed E-state index contributed by atoms with van der Waals surface area (Å²) in [6.45, 7) is 0. The van der Waals surface area contributed by atoms with Crippen LogP contribution in [0.4, 0.5) is 0 Å². The lowest BCUT2D eigenvalue weighted by atomic mass is 10.1. The summed E-state index contributed by atoms with van der Waals surface area (Å²) in [4.78, 5) is 0. The van der Waals surface area contributed by atoms with Gasteiger partial charge < -0.3 is 5.73 Å². The SMILES string of the molecule is N#C/C=C(/N)c1cc(Br)ccc1I. The van der Waals surface area contributed by atoms with E-state index in [2.05, 4.69) is 38.5 Å². The number of hydrogen-bond donors (Lipinski definition) is 1. The molecule has 1 rings (SSSR count). The molecule has 0 saturated carbocycles. The Morgan fingerprint density at radius 2 is 2.31 bits per heavy atom. The van der Waals surface area contributed by atoms with E-state index in [1.165, 1.54) is 6.08 Å². The lowest BCUT2D eigenvalue weighted by molar-refractivity contribution is 1.45. The van der Waals surface area contributed by atoms with Gasteiger partial charge in [-0.25, -0.2) is 0 Å². The van der Waals surface area contributed by atoms with Crippen molar-refractivity contribution >= 4 is 44.2 Å². The van der Waals surface area contributed by atoms with E-state index < -0.39 is 0 Å². The molecule has 0 saturated heterocycles. The van der Waals surface area contributed by atoms with Gasteiger partial charge in [-0.1, -0.05) is 15.9 Å². The molecule has 0 aliphatic rings. The number of hydrogen-bond acceptors (Lipinski definition) is 2. The van der Waals surface area contributed by atoms with Crippen LogP contribution in [0.2, 0.25) is 0 Å². The van der Waals surface area contributed by atoms with Crippen LogP contribution in [0, 0.1) is 14.9 Å². The van der Waals surface area contributed by atoms with E-state index in [-0.39, 0.29) is 0 Å². The van der Waals surface area contributed by atoms with Crippen molar-refractivity contribution in [3.63, 3.8) is 0 Å². The highest BCUT2D eigenvalue weighted by Crippen LogP contribution is 2.22. The van der Waals surface area contributed by atoms with Gasteiger partial charge >= 0.3 is 0 Å². The monoisotopic (exact) mass is 348 g/mol. The van der Waals surface area contributed by atoms with Crippen LogP contribution in [0.15, 0.2) is 28.7 Å². The molecule has 0 aliphatic heterocycles. The molecule has 0 spiro atoms. The van der Waals surface area contributed by atoms with Gasteiger partial charge in [-0.3, -0.25) is 0 Å². The first-order valence-electron chi connectivity index (χ1n) is 3.46. The maximum Gasteiger partial charge on any atom is 0.0933 e. The third kappa shape index (κ3) is 2.71. The second-order valence-corrected chi connectivity index (χ2v) is 4.43. The number of rotatable bonds is 1. The first kappa shape index (κ1) is 10.5. The molecule has 0 fully saturated rings. The topological polar surface area (TPSA) is 49.8 Å². The Hall–Kier alpha value is -0.540. The zero-order valence-electron chi connectivity index (χ0n) is 6.59. The number of benzene rings is 1. The predicted molar refractivity (Wildman–Crippen MR) is 64.6 cm³/mol. The average Bonchev–Trinajstić information content (AvgIpc) is 2.09. The van der Waals surface area contributed by atoms with Crippen LogP contribution in [0.3, 0.4) is 0 Å². The Balaban J connectivity index is 3.22. The van der Waals surface area contributed by atoms with Crippen molar-refractivity contribution in [2.75, 3.05) is 0 Å². The Labute approximate surface area is 98.7 Å². The van der Waals surface area contributed by atoms with Gasteiger partial charge in [0.05, 0.1) is 11.8 Å². The van der Waals surface area contributed by atoms with Crippen molar-refractivity contribution in [2.24, 2.45) is 5.73 Å². The molecule has 0 aliphatic carbocycles. The molecule has 2 N–H and O–H groups in total. The van der Waals surface area contributed by atoms with Crippen molar-refractivity contribution in [1.29, 1.82) is 5.26 Å². The zero-order chi connectivity index (χ0) is 9.84. The summed E-state index contributed by atoms with van der Waals surface area (Å²) in [6, 6.07) is 7.68. The van der Waals surface area contributed by atoms with E-state index >= 15 is 0 Å². The number of nitrogens with two attached hydrogens (primary N) is 1. The number of nitrogens with zero attached hydrogens (tertiary/aromatic N) is 1. The Kier molecular flexibility index (Phi) is 3.75. The molecule has 4 heteroatoms.